The number of benzene rings is 1. The zero-order chi connectivity index (χ0) is 19.1. The summed E-state index contributed by atoms with van der Waals surface area (Å²) in [6.07, 6.45) is 3.38. The van der Waals surface area contributed by atoms with Gasteiger partial charge in [0.25, 0.3) is 11.5 Å². The van der Waals surface area contributed by atoms with Crippen molar-refractivity contribution in [3.8, 4) is 5.75 Å². The van der Waals surface area contributed by atoms with Crippen molar-refractivity contribution in [2.45, 2.75) is 25.8 Å². The molecule has 3 heterocycles. The zero-order valence-corrected chi connectivity index (χ0v) is 16.4. The summed E-state index contributed by atoms with van der Waals surface area (Å²) in [6.45, 7) is 2.55. The van der Waals surface area contributed by atoms with Gasteiger partial charge < -0.3 is 14.2 Å². The lowest BCUT2D eigenvalue weighted by atomic mass is 10.0. The Bertz CT molecular complexity index is 1090. The largest absolute Gasteiger partial charge is 0.497 e. The molecule has 4 rings (SSSR count). The number of likely N-dealkylation sites (tertiary alicyclic amines) is 1. The molecule has 1 aliphatic heterocycles. The van der Waals surface area contributed by atoms with Gasteiger partial charge in [0.2, 0.25) is 0 Å². The smallest absolute Gasteiger partial charge is 0.264 e. The molecule has 1 saturated heterocycles. The van der Waals surface area contributed by atoms with Gasteiger partial charge >= 0.3 is 0 Å². The van der Waals surface area contributed by atoms with Gasteiger partial charge in [0.05, 0.1) is 29.7 Å². The zero-order valence-electron chi connectivity index (χ0n) is 15.6. The molecule has 0 spiro atoms. The Morgan fingerprint density at radius 1 is 1.37 bits per heavy atom. The van der Waals surface area contributed by atoms with E-state index in [1.54, 1.807) is 14.2 Å². The number of thiophene rings is 1. The minimum absolute atomic E-state index is 0.0213. The van der Waals surface area contributed by atoms with Crippen LogP contribution in [0.1, 0.15) is 39.7 Å². The average Bonchev–Trinajstić information content (AvgIpc) is 3.29. The van der Waals surface area contributed by atoms with E-state index in [1.807, 2.05) is 36.1 Å². The van der Waals surface area contributed by atoms with Gasteiger partial charge in [-0.1, -0.05) is 12.1 Å². The highest BCUT2D eigenvalue weighted by atomic mass is 32.1. The summed E-state index contributed by atoms with van der Waals surface area (Å²) in [4.78, 5) is 33.3. The van der Waals surface area contributed by atoms with Crippen LogP contribution in [0, 0.1) is 6.92 Å². The van der Waals surface area contributed by atoms with Crippen LogP contribution in [0.3, 0.4) is 0 Å². The molecule has 0 bridgehead atoms. The second kappa shape index (κ2) is 6.81. The first-order valence-corrected chi connectivity index (χ1v) is 9.72. The van der Waals surface area contributed by atoms with Crippen LogP contribution in [-0.4, -0.2) is 34.0 Å². The van der Waals surface area contributed by atoms with E-state index in [4.69, 9.17) is 4.74 Å². The maximum Gasteiger partial charge on any atom is 0.264 e. The van der Waals surface area contributed by atoms with Crippen LogP contribution in [-0.2, 0) is 7.05 Å². The predicted molar refractivity (Wildman–Crippen MR) is 106 cm³/mol. The van der Waals surface area contributed by atoms with E-state index >= 15 is 0 Å². The van der Waals surface area contributed by atoms with Gasteiger partial charge in [0.1, 0.15) is 10.6 Å². The second-order valence-electron chi connectivity index (χ2n) is 6.83. The van der Waals surface area contributed by atoms with Gasteiger partial charge in [-0.25, -0.2) is 4.98 Å². The fourth-order valence-electron chi connectivity index (χ4n) is 3.75. The maximum absolute atomic E-state index is 13.3. The molecule has 0 saturated carbocycles. The third-order valence-corrected chi connectivity index (χ3v) is 6.38. The molecule has 0 N–H and O–H groups in total. The molecule has 6 nitrogen and oxygen atoms in total. The van der Waals surface area contributed by atoms with E-state index in [2.05, 4.69) is 4.98 Å². The minimum atomic E-state index is -0.112. The molecule has 3 aromatic rings. The molecule has 2 aromatic heterocycles. The summed E-state index contributed by atoms with van der Waals surface area (Å²) >= 11 is 1.31. The number of methoxy groups -OCH3 is 1. The number of hydrogen-bond donors (Lipinski definition) is 0. The number of carbonyl (C=O) groups excluding carboxylic acids is 1. The third-order valence-electron chi connectivity index (χ3n) is 5.20. The molecule has 1 aromatic carbocycles. The molecular weight excluding hydrogens is 362 g/mol. The fraction of sp³-hybridized carbons (Fsp3) is 0.350. The average molecular weight is 383 g/mol. The van der Waals surface area contributed by atoms with Gasteiger partial charge in [-0.15, -0.1) is 11.3 Å². The van der Waals surface area contributed by atoms with Gasteiger partial charge in [-0.05, 0) is 43.0 Å². The van der Waals surface area contributed by atoms with Crippen molar-refractivity contribution < 1.29 is 9.53 Å². The maximum atomic E-state index is 13.3. The van der Waals surface area contributed by atoms with Crippen LogP contribution in [0.25, 0.3) is 10.2 Å². The molecule has 7 heteroatoms. The Morgan fingerprint density at radius 2 is 2.19 bits per heavy atom. The Morgan fingerprint density at radius 3 is 2.96 bits per heavy atom. The number of aryl methyl sites for hydroxylation is 2. The molecule has 1 atom stereocenters. The summed E-state index contributed by atoms with van der Waals surface area (Å²) in [5, 5.41) is 0.547. The summed E-state index contributed by atoms with van der Waals surface area (Å²) in [5.74, 6) is 0.764. The fourth-order valence-corrected chi connectivity index (χ4v) is 4.84. The van der Waals surface area contributed by atoms with Crippen molar-refractivity contribution in [3.05, 3.63) is 57.0 Å². The van der Waals surface area contributed by atoms with Gasteiger partial charge in [-0.3, -0.25) is 9.59 Å². The van der Waals surface area contributed by atoms with Crippen molar-refractivity contribution in [1.82, 2.24) is 14.5 Å². The SMILES string of the molecule is COc1cccc(C2CCCN2C(=O)c2sc3ncn(C)c(=O)c3c2C)c1. The monoisotopic (exact) mass is 383 g/mol. The van der Waals surface area contributed by atoms with Crippen LogP contribution in [0.5, 0.6) is 5.75 Å². The molecular formula is C20H21N3O3S. The first-order chi connectivity index (χ1) is 13.0. The summed E-state index contributed by atoms with van der Waals surface area (Å²) in [7, 11) is 3.32. The van der Waals surface area contributed by atoms with Crippen LogP contribution >= 0.6 is 11.3 Å². The van der Waals surface area contributed by atoms with E-state index in [9.17, 15) is 9.59 Å². The number of hydrogen-bond acceptors (Lipinski definition) is 5. The number of ether oxygens (including phenoxy) is 1. The Balaban J connectivity index is 1.73. The van der Waals surface area contributed by atoms with Crippen molar-refractivity contribution in [3.63, 3.8) is 0 Å². The predicted octanol–water partition coefficient (Wildman–Crippen LogP) is 3.29. The van der Waals surface area contributed by atoms with E-state index in [1.165, 1.54) is 22.2 Å². The number of nitrogens with zero attached hydrogens (tertiary/aromatic N) is 3. The van der Waals surface area contributed by atoms with Gasteiger partial charge in [-0.2, -0.15) is 0 Å². The topological polar surface area (TPSA) is 64.4 Å². The number of aromatic nitrogens is 2. The highest BCUT2D eigenvalue weighted by molar-refractivity contribution is 7.20. The molecule has 27 heavy (non-hydrogen) atoms. The van der Waals surface area contributed by atoms with Crippen molar-refractivity contribution in [2.24, 2.45) is 7.05 Å². The summed E-state index contributed by atoms with van der Waals surface area (Å²) in [6, 6.07) is 7.91. The van der Waals surface area contributed by atoms with Crippen LogP contribution in [0.2, 0.25) is 0 Å². The van der Waals surface area contributed by atoms with Gasteiger partial charge in [0.15, 0.2) is 0 Å². The minimum Gasteiger partial charge on any atom is -0.497 e. The first kappa shape index (κ1) is 17.7. The first-order valence-electron chi connectivity index (χ1n) is 8.91. The second-order valence-corrected chi connectivity index (χ2v) is 7.83. The van der Waals surface area contributed by atoms with Crippen LogP contribution in [0.15, 0.2) is 35.4 Å². The molecule has 1 aliphatic rings. The van der Waals surface area contributed by atoms with Crippen molar-refractivity contribution in [1.29, 1.82) is 0 Å². The number of amides is 1. The van der Waals surface area contributed by atoms with Crippen molar-refractivity contribution >= 4 is 27.5 Å². The molecule has 140 valence electrons. The number of fused-ring (bicyclic) bond motifs is 1. The number of rotatable bonds is 3. The van der Waals surface area contributed by atoms with E-state index in [0.29, 0.717) is 21.6 Å². The Hall–Kier alpha value is -2.67. The highest BCUT2D eigenvalue weighted by Gasteiger charge is 2.33. The summed E-state index contributed by atoms with van der Waals surface area (Å²) in [5.41, 5.74) is 1.69. The van der Waals surface area contributed by atoms with Gasteiger partial charge in [0, 0.05) is 13.6 Å². The van der Waals surface area contributed by atoms with E-state index in [-0.39, 0.29) is 17.5 Å². The third kappa shape index (κ3) is 2.92. The lowest BCUT2D eigenvalue weighted by Gasteiger charge is -2.25. The van der Waals surface area contributed by atoms with Crippen LogP contribution in [0.4, 0.5) is 0 Å². The van der Waals surface area contributed by atoms with E-state index in [0.717, 1.165) is 29.7 Å². The molecule has 1 unspecified atom stereocenters. The normalized spacial score (nSPS) is 16.9. The molecule has 0 aliphatic carbocycles. The quantitative estimate of drug-likeness (QED) is 0.696. The summed E-state index contributed by atoms with van der Waals surface area (Å²) < 4.78 is 6.78. The Kier molecular flexibility index (Phi) is 4.47. The van der Waals surface area contributed by atoms with Crippen molar-refractivity contribution in [2.75, 3.05) is 13.7 Å². The van der Waals surface area contributed by atoms with Crippen LogP contribution < -0.4 is 10.3 Å². The molecule has 0 radical (unpaired) electrons. The number of carbonyl (C=O) groups is 1. The van der Waals surface area contributed by atoms with E-state index < -0.39 is 0 Å². The molecule has 1 amide bonds. The Labute approximate surface area is 161 Å². The highest BCUT2D eigenvalue weighted by Crippen LogP contribution is 2.37. The lowest BCUT2D eigenvalue weighted by Crippen LogP contribution is -2.30. The molecule has 1 fully saturated rings. The lowest BCUT2D eigenvalue weighted by molar-refractivity contribution is 0.0740. The standard InChI is InChI=1S/C20H21N3O3S/c1-12-16-18(21-11-22(2)19(16)24)27-17(12)20(25)23-9-5-8-15(23)13-6-4-7-14(10-13)26-3/h4,6-7,10-11,15H,5,8-9H2,1-3H3.